The second kappa shape index (κ2) is 10.7. The lowest BCUT2D eigenvalue weighted by molar-refractivity contribution is 0.406. The predicted molar refractivity (Wildman–Crippen MR) is 192 cm³/mol. The predicted octanol–water partition coefficient (Wildman–Crippen LogP) is 10.7. The monoisotopic (exact) mass is 601 g/mol. The van der Waals surface area contributed by atoms with Crippen molar-refractivity contribution in [2.75, 3.05) is 4.90 Å². The molecule has 224 valence electrons. The lowest BCUT2D eigenvalue weighted by Gasteiger charge is -2.25. The van der Waals surface area contributed by atoms with Gasteiger partial charge in [0.15, 0.2) is 17.4 Å². The van der Waals surface area contributed by atoms with E-state index in [1.165, 1.54) is 5.52 Å². The fourth-order valence-corrected chi connectivity index (χ4v) is 6.54. The molecule has 5 heteroatoms. The van der Waals surface area contributed by atoms with Gasteiger partial charge in [-0.15, -0.1) is 0 Å². The van der Waals surface area contributed by atoms with Gasteiger partial charge < -0.3 is 4.90 Å². The third-order valence-electron chi connectivity index (χ3n) is 8.63. The molecule has 3 heterocycles. The quantitative estimate of drug-likeness (QED) is 0.184. The molecule has 0 fully saturated rings. The Morgan fingerprint density at radius 3 is 2.13 bits per heavy atom. The summed E-state index contributed by atoms with van der Waals surface area (Å²) >= 11 is 0. The maximum atomic E-state index is 8.04. The van der Waals surface area contributed by atoms with E-state index in [-0.39, 0.29) is 11.1 Å². The number of fused-ring (bicyclic) bond motifs is 4. The summed E-state index contributed by atoms with van der Waals surface area (Å²) in [5.74, 6) is 0.567. The number of nitrogens with zero attached hydrogens (tertiary/aromatic N) is 5. The molecule has 0 radical (unpaired) electrons. The van der Waals surface area contributed by atoms with E-state index >= 15 is 0 Å². The molecule has 0 saturated carbocycles. The molecule has 5 aromatic carbocycles. The summed E-state index contributed by atoms with van der Waals surface area (Å²) in [7, 11) is 0. The van der Waals surface area contributed by atoms with Gasteiger partial charge in [-0.1, -0.05) is 42.5 Å². The van der Waals surface area contributed by atoms with Crippen LogP contribution in [0.25, 0.3) is 44.3 Å². The highest BCUT2D eigenvalue weighted by Gasteiger charge is 2.25. The summed E-state index contributed by atoms with van der Waals surface area (Å²) in [6.07, 6.45) is 3.78. The van der Waals surface area contributed by atoms with E-state index in [0.29, 0.717) is 5.82 Å². The Bertz CT molecular complexity index is 2490. The molecule has 0 amide bonds. The zero-order valence-electron chi connectivity index (χ0n) is 29.1. The fourth-order valence-electron chi connectivity index (χ4n) is 6.54. The topological polar surface area (TPSA) is 30.9 Å². The van der Waals surface area contributed by atoms with Gasteiger partial charge in [0.1, 0.15) is 11.5 Å². The van der Waals surface area contributed by atoms with Crippen LogP contribution >= 0.6 is 0 Å². The summed E-state index contributed by atoms with van der Waals surface area (Å²) in [6.45, 7) is 4.43. The van der Waals surface area contributed by atoms with Crippen LogP contribution in [0, 0.1) is 6.85 Å². The van der Waals surface area contributed by atoms with E-state index in [0.717, 1.165) is 50.1 Å². The average molecular weight is 602 g/mol. The molecule has 0 saturated heterocycles. The van der Waals surface area contributed by atoms with Gasteiger partial charge in [0.25, 0.3) is 0 Å². The van der Waals surface area contributed by atoms with E-state index < -0.39 is 6.85 Å². The summed E-state index contributed by atoms with van der Waals surface area (Å²) in [4.78, 5) is 6.93. The van der Waals surface area contributed by atoms with Crippen molar-refractivity contribution >= 4 is 49.9 Å². The Morgan fingerprint density at radius 1 is 0.630 bits per heavy atom. The standard InChI is InChI=1S/C41H36N5/c1-29-23-24-42-40(25-29)46-36-18-9-8-17-34(36)35-22-21-33(27-39(35)46)45(30-13-6-5-7-14-30)32-16-12-15-31(26-32)43-28-44(41(2,3)4)38-20-11-10-19-37(38)43/h5-28H,1-4H3/q+1/i1D3. The first-order valence-corrected chi connectivity index (χ1v) is 15.6. The number of rotatable bonds is 5. The Morgan fingerprint density at radius 2 is 1.33 bits per heavy atom. The lowest BCUT2D eigenvalue weighted by Crippen LogP contribution is -2.20. The maximum Gasteiger partial charge on any atom is 0.191 e. The van der Waals surface area contributed by atoms with Crippen LogP contribution in [0.5, 0.6) is 0 Å². The minimum absolute atomic E-state index is 0.0930. The molecule has 0 spiro atoms. The second-order valence-corrected chi connectivity index (χ2v) is 12.7. The summed E-state index contributed by atoms with van der Waals surface area (Å²) in [6, 6.07) is 45.4. The first-order valence-electron chi connectivity index (χ1n) is 17.1. The molecule has 0 aliphatic rings. The van der Waals surface area contributed by atoms with Crippen LogP contribution in [-0.2, 0) is 5.54 Å². The third-order valence-corrected chi connectivity index (χ3v) is 8.63. The second-order valence-electron chi connectivity index (χ2n) is 12.7. The molecule has 0 unspecified atom stereocenters. The number of hydrogen-bond acceptors (Lipinski definition) is 2. The fraction of sp³-hybridized carbons (Fsp3) is 0.122. The highest BCUT2D eigenvalue weighted by molar-refractivity contribution is 6.10. The Hall–Kier alpha value is -5.68. The normalized spacial score (nSPS) is 13.2. The molecule has 8 aromatic rings. The average Bonchev–Trinajstić information content (AvgIpc) is 3.65. The van der Waals surface area contributed by atoms with E-state index in [2.05, 4.69) is 154 Å². The van der Waals surface area contributed by atoms with Crippen molar-refractivity contribution in [3.8, 4) is 11.5 Å². The van der Waals surface area contributed by atoms with Crippen molar-refractivity contribution in [1.29, 1.82) is 0 Å². The molecule has 0 atom stereocenters. The SMILES string of the molecule is [2H]C([2H])([2H])c1ccnc(-n2c3ccccc3c3ccc(N(c4ccccc4)c4cccc(-n5[cH+]n(C(C)(C)C)c6ccccc65)c4)cc32)c1. The number of para-hydroxylation sites is 4. The van der Waals surface area contributed by atoms with Crippen LogP contribution in [-0.4, -0.2) is 18.7 Å². The highest BCUT2D eigenvalue weighted by atomic mass is 15.2. The molecule has 0 bridgehead atoms. The first kappa shape index (κ1) is 24.6. The van der Waals surface area contributed by atoms with Crippen molar-refractivity contribution in [2.45, 2.75) is 33.2 Å². The number of hydrogen-bond donors (Lipinski definition) is 0. The summed E-state index contributed by atoms with van der Waals surface area (Å²) in [5, 5.41) is 2.14. The molecular formula is C41H36N5+. The van der Waals surface area contributed by atoms with Gasteiger partial charge in [0, 0.05) is 56.7 Å². The molecule has 0 aliphatic heterocycles. The third kappa shape index (κ3) is 4.63. The van der Waals surface area contributed by atoms with Crippen molar-refractivity contribution in [3.05, 3.63) is 152 Å². The van der Waals surface area contributed by atoms with E-state index in [1.807, 2.05) is 18.2 Å². The maximum absolute atomic E-state index is 8.04. The minimum Gasteiger partial charge on any atom is -0.309 e. The van der Waals surface area contributed by atoms with Crippen LogP contribution in [0.1, 0.15) is 30.4 Å². The van der Waals surface area contributed by atoms with Crippen molar-refractivity contribution in [1.82, 2.24) is 18.7 Å². The Balaban J connectivity index is 1.34. The minimum atomic E-state index is -2.24. The van der Waals surface area contributed by atoms with Crippen LogP contribution < -0.4 is 4.90 Å². The van der Waals surface area contributed by atoms with Crippen molar-refractivity contribution < 1.29 is 4.11 Å². The van der Waals surface area contributed by atoms with Gasteiger partial charge in [-0.2, -0.15) is 4.57 Å². The number of imidazole rings is 1. The van der Waals surface area contributed by atoms with Gasteiger partial charge in [-0.05, 0) is 99.9 Å². The first-order chi connectivity index (χ1) is 23.6. The zero-order valence-corrected chi connectivity index (χ0v) is 26.1. The summed E-state index contributed by atoms with van der Waals surface area (Å²) in [5.41, 5.74) is 8.43. The number of aryl methyl sites for hydroxylation is 1. The molecule has 8 rings (SSSR count). The smallest absolute Gasteiger partial charge is 0.191 e. The number of anilines is 3. The molecule has 46 heavy (non-hydrogen) atoms. The number of benzene rings is 5. The largest absolute Gasteiger partial charge is 0.309 e. The molecule has 0 aliphatic carbocycles. The van der Waals surface area contributed by atoms with Crippen molar-refractivity contribution in [2.24, 2.45) is 0 Å². The molecule has 5 nitrogen and oxygen atoms in total. The van der Waals surface area contributed by atoms with E-state index in [9.17, 15) is 0 Å². The number of pyridine rings is 1. The van der Waals surface area contributed by atoms with Gasteiger partial charge in [-0.25, -0.2) is 9.55 Å². The molecule has 3 aromatic heterocycles. The van der Waals surface area contributed by atoms with Crippen molar-refractivity contribution in [3.63, 3.8) is 0 Å². The summed E-state index contributed by atoms with van der Waals surface area (Å²) < 4.78 is 30.8. The van der Waals surface area contributed by atoms with E-state index in [4.69, 9.17) is 4.11 Å². The van der Waals surface area contributed by atoms with Crippen LogP contribution in [0.3, 0.4) is 0 Å². The molecular weight excluding hydrogens is 562 g/mol. The van der Waals surface area contributed by atoms with Gasteiger partial charge in [-0.3, -0.25) is 4.57 Å². The number of aromatic nitrogens is 4. The lowest BCUT2D eigenvalue weighted by atomic mass is 10.1. The Kier molecular flexibility index (Phi) is 5.75. The zero-order chi connectivity index (χ0) is 33.9. The van der Waals surface area contributed by atoms with Gasteiger partial charge >= 0.3 is 0 Å². The van der Waals surface area contributed by atoms with Gasteiger partial charge in [0.2, 0.25) is 0 Å². The van der Waals surface area contributed by atoms with Crippen LogP contribution in [0.2, 0.25) is 0 Å². The Labute approximate surface area is 273 Å². The highest BCUT2D eigenvalue weighted by Crippen LogP contribution is 2.40. The van der Waals surface area contributed by atoms with E-state index in [1.54, 1.807) is 18.3 Å². The van der Waals surface area contributed by atoms with Crippen LogP contribution in [0.4, 0.5) is 17.1 Å². The van der Waals surface area contributed by atoms with Crippen LogP contribution in [0.15, 0.2) is 146 Å². The molecule has 0 N–H and O–H groups in total. The van der Waals surface area contributed by atoms with Gasteiger partial charge in [0.05, 0.1) is 22.3 Å².